The second-order valence-electron chi connectivity index (χ2n) is 7.49. The van der Waals surface area contributed by atoms with E-state index in [0.717, 1.165) is 22.3 Å². The van der Waals surface area contributed by atoms with Crippen molar-refractivity contribution in [1.82, 2.24) is 5.32 Å². The van der Waals surface area contributed by atoms with E-state index in [2.05, 4.69) is 5.32 Å². The molecule has 0 heterocycles. The fraction of sp³-hybridized carbons (Fsp3) is 0.200. The highest BCUT2D eigenvalue weighted by Gasteiger charge is 2.43. The number of rotatable bonds is 6. The summed E-state index contributed by atoms with van der Waals surface area (Å²) in [5, 5.41) is 12.3. The van der Waals surface area contributed by atoms with Gasteiger partial charge in [0.15, 0.2) is 5.54 Å². The summed E-state index contributed by atoms with van der Waals surface area (Å²) in [6.07, 6.45) is -0.956. The normalized spacial score (nSPS) is 14.3. The molecule has 0 aromatic heterocycles. The number of ether oxygens (including phenoxy) is 1. The average Bonchev–Trinajstić information content (AvgIpc) is 3.10. The van der Waals surface area contributed by atoms with Crippen molar-refractivity contribution >= 4 is 12.1 Å². The summed E-state index contributed by atoms with van der Waals surface area (Å²) in [6.45, 7) is 1.61. The molecule has 0 radical (unpaired) electrons. The van der Waals surface area contributed by atoms with Gasteiger partial charge in [0, 0.05) is 11.5 Å². The Morgan fingerprint density at radius 1 is 0.968 bits per heavy atom. The van der Waals surface area contributed by atoms with Crippen LogP contribution in [0.3, 0.4) is 0 Å². The Balaban J connectivity index is 1.56. The number of aliphatic carboxylic acids is 1. The van der Waals surface area contributed by atoms with Gasteiger partial charge in [-0.1, -0.05) is 73.7 Å². The van der Waals surface area contributed by atoms with E-state index in [1.54, 1.807) is 6.92 Å². The lowest BCUT2D eigenvalue weighted by Gasteiger charge is -2.30. The molecule has 1 aliphatic carbocycles. The number of hydrogen-bond donors (Lipinski definition) is 2. The predicted octanol–water partition coefficient (Wildman–Crippen LogP) is 5.05. The van der Waals surface area contributed by atoms with Crippen LogP contribution in [0.4, 0.5) is 9.18 Å². The molecular formula is C25H22FNO4. The van der Waals surface area contributed by atoms with Crippen LogP contribution >= 0.6 is 0 Å². The molecule has 1 atom stereocenters. The Labute approximate surface area is 179 Å². The van der Waals surface area contributed by atoms with E-state index in [4.69, 9.17) is 4.74 Å². The van der Waals surface area contributed by atoms with E-state index in [1.165, 1.54) is 24.3 Å². The number of carboxylic acids is 1. The molecule has 2 N–H and O–H groups in total. The highest BCUT2D eigenvalue weighted by atomic mass is 19.1. The van der Waals surface area contributed by atoms with Crippen LogP contribution in [-0.4, -0.2) is 23.8 Å². The Morgan fingerprint density at radius 2 is 1.52 bits per heavy atom. The zero-order chi connectivity index (χ0) is 22.0. The van der Waals surface area contributed by atoms with Gasteiger partial charge in [-0.2, -0.15) is 0 Å². The molecule has 0 saturated heterocycles. The van der Waals surface area contributed by atoms with E-state index < -0.39 is 23.4 Å². The first-order chi connectivity index (χ1) is 15.0. The van der Waals surface area contributed by atoms with Gasteiger partial charge in [0.2, 0.25) is 0 Å². The maximum Gasteiger partial charge on any atom is 0.408 e. The molecule has 158 valence electrons. The summed E-state index contributed by atoms with van der Waals surface area (Å²) in [5.41, 5.74) is 2.24. The van der Waals surface area contributed by atoms with Crippen LogP contribution < -0.4 is 5.32 Å². The van der Waals surface area contributed by atoms with Crippen LogP contribution in [0.2, 0.25) is 0 Å². The van der Waals surface area contributed by atoms with Gasteiger partial charge in [-0.25, -0.2) is 14.0 Å². The van der Waals surface area contributed by atoms with E-state index >= 15 is 0 Å². The van der Waals surface area contributed by atoms with Gasteiger partial charge in [0.05, 0.1) is 0 Å². The van der Waals surface area contributed by atoms with Gasteiger partial charge in [0.25, 0.3) is 0 Å². The van der Waals surface area contributed by atoms with E-state index in [0.29, 0.717) is 0 Å². The van der Waals surface area contributed by atoms with Gasteiger partial charge >= 0.3 is 12.1 Å². The van der Waals surface area contributed by atoms with Gasteiger partial charge in [0.1, 0.15) is 12.4 Å². The molecule has 1 unspecified atom stereocenters. The number of hydrogen-bond acceptors (Lipinski definition) is 3. The quantitative estimate of drug-likeness (QED) is 0.586. The maximum absolute atomic E-state index is 14.4. The Bertz CT molecular complexity index is 1100. The summed E-state index contributed by atoms with van der Waals surface area (Å²) < 4.78 is 19.9. The molecule has 0 spiro atoms. The largest absolute Gasteiger partial charge is 0.479 e. The SMILES string of the molecule is CCC(NC(=O)OCC1c2ccccc2-c2ccccc21)(C(=O)O)c1ccccc1F. The topological polar surface area (TPSA) is 75.6 Å². The molecule has 1 amide bonds. The highest BCUT2D eigenvalue weighted by Crippen LogP contribution is 2.44. The number of benzene rings is 3. The Hall–Kier alpha value is -3.67. The van der Waals surface area contributed by atoms with Crippen molar-refractivity contribution in [1.29, 1.82) is 0 Å². The predicted molar refractivity (Wildman–Crippen MR) is 114 cm³/mol. The lowest BCUT2D eigenvalue weighted by atomic mass is 9.87. The van der Waals surface area contributed by atoms with Crippen molar-refractivity contribution in [2.45, 2.75) is 24.8 Å². The van der Waals surface area contributed by atoms with Crippen molar-refractivity contribution in [3.05, 3.63) is 95.3 Å². The minimum atomic E-state index is -1.92. The number of amides is 1. The molecule has 0 aliphatic heterocycles. The number of carboxylic acid groups (broad SMARTS) is 1. The van der Waals surface area contributed by atoms with Crippen molar-refractivity contribution in [3.8, 4) is 11.1 Å². The highest BCUT2D eigenvalue weighted by molar-refractivity contribution is 5.86. The summed E-state index contributed by atoms with van der Waals surface area (Å²) >= 11 is 0. The Morgan fingerprint density at radius 3 is 2.06 bits per heavy atom. The summed E-state index contributed by atoms with van der Waals surface area (Å²) in [7, 11) is 0. The van der Waals surface area contributed by atoms with Crippen LogP contribution in [0.5, 0.6) is 0 Å². The van der Waals surface area contributed by atoms with Crippen molar-refractivity contribution in [2.24, 2.45) is 0 Å². The third-order valence-electron chi connectivity index (χ3n) is 5.89. The monoisotopic (exact) mass is 419 g/mol. The molecular weight excluding hydrogens is 397 g/mol. The van der Waals surface area contributed by atoms with Gasteiger partial charge in [-0.15, -0.1) is 0 Å². The van der Waals surface area contributed by atoms with Crippen molar-refractivity contribution in [3.63, 3.8) is 0 Å². The van der Waals surface area contributed by atoms with E-state index in [1.807, 2.05) is 48.5 Å². The van der Waals surface area contributed by atoms with Gasteiger partial charge < -0.3 is 15.2 Å². The van der Waals surface area contributed by atoms with Gasteiger partial charge in [-0.3, -0.25) is 0 Å². The third kappa shape index (κ3) is 3.54. The zero-order valence-corrected chi connectivity index (χ0v) is 17.0. The maximum atomic E-state index is 14.4. The number of halogens is 1. The number of nitrogens with one attached hydrogen (secondary N) is 1. The molecule has 1 aliphatic rings. The molecule has 0 bridgehead atoms. The fourth-order valence-electron chi connectivity index (χ4n) is 4.28. The Kier molecular flexibility index (Phi) is 5.46. The van der Waals surface area contributed by atoms with Crippen LogP contribution in [0.1, 0.15) is 36.0 Å². The standard InChI is InChI=1S/C25H22FNO4/c1-2-25(23(28)29,21-13-7-8-14-22(21)26)27-24(30)31-15-20-18-11-5-3-9-16(18)17-10-4-6-12-19(17)20/h3-14,20H,2,15H2,1H3,(H,27,30)(H,28,29). The zero-order valence-electron chi connectivity index (χ0n) is 17.0. The molecule has 31 heavy (non-hydrogen) atoms. The molecule has 4 rings (SSSR count). The average molecular weight is 419 g/mol. The number of alkyl carbamates (subject to hydrolysis) is 1. The lowest BCUT2D eigenvalue weighted by molar-refractivity contribution is -0.145. The second kappa shape index (κ2) is 8.22. The van der Waals surface area contributed by atoms with E-state index in [9.17, 15) is 19.1 Å². The first-order valence-corrected chi connectivity index (χ1v) is 10.1. The molecule has 3 aromatic rings. The minimum absolute atomic E-state index is 0.0382. The van der Waals surface area contributed by atoms with E-state index in [-0.39, 0.29) is 24.5 Å². The number of carbonyl (C=O) groups is 2. The third-order valence-corrected chi connectivity index (χ3v) is 5.89. The van der Waals surface area contributed by atoms with Crippen molar-refractivity contribution < 1.29 is 23.8 Å². The number of carbonyl (C=O) groups excluding carboxylic acids is 1. The lowest BCUT2D eigenvalue weighted by Crippen LogP contribution is -2.52. The second-order valence-corrected chi connectivity index (χ2v) is 7.49. The fourth-order valence-corrected chi connectivity index (χ4v) is 4.28. The van der Waals surface area contributed by atoms with Crippen LogP contribution in [0, 0.1) is 5.82 Å². The van der Waals surface area contributed by atoms with Crippen LogP contribution in [0.15, 0.2) is 72.8 Å². The first-order valence-electron chi connectivity index (χ1n) is 10.1. The van der Waals surface area contributed by atoms with Crippen molar-refractivity contribution in [2.75, 3.05) is 6.61 Å². The first kappa shape index (κ1) is 20.6. The van der Waals surface area contributed by atoms with Crippen LogP contribution in [0.25, 0.3) is 11.1 Å². The minimum Gasteiger partial charge on any atom is -0.479 e. The molecule has 3 aromatic carbocycles. The molecule has 5 nitrogen and oxygen atoms in total. The molecule has 0 saturated carbocycles. The summed E-state index contributed by atoms with van der Waals surface area (Å²) in [4.78, 5) is 24.8. The summed E-state index contributed by atoms with van der Waals surface area (Å²) in [5.74, 6) is -2.22. The van der Waals surface area contributed by atoms with Crippen LogP contribution in [-0.2, 0) is 15.1 Å². The van der Waals surface area contributed by atoms with Gasteiger partial charge in [-0.05, 0) is 34.7 Å². The number of fused-ring (bicyclic) bond motifs is 3. The smallest absolute Gasteiger partial charge is 0.408 e. The summed E-state index contributed by atoms with van der Waals surface area (Å²) in [6, 6.07) is 21.4. The molecule has 6 heteroatoms. The molecule has 0 fully saturated rings.